The summed E-state index contributed by atoms with van der Waals surface area (Å²) in [5, 5.41) is 0. The van der Waals surface area contributed by atoms with Crippen LogP contribution in [0, 0.1) is 0 Å². The zero-order chi connectivity index (χ0) is 28.4. The van der Waals surface area contributed by atoms with Crippen LogP contribution in [-0.4, -0.2) is 6.85 Å². The summed E-state index contributed by atoms with van der Waals surface area (Å²) in [5.41, 5.74) is 16.3. The summed E-state index contributed by atoms with van der Waals surface area (Å²) in [6.45, 7) is 4.75. The van der Waals surface area contributed by atoms with Crippen LogP contribution in [0.25, 0.3) is 22.3 Å². The van der Waals surface area contributed by atoms with Gasteiger partial charge in [0, 0.05) is 22.4 Å². The van der Waals surface area contributed by atoms with Gasteiger partial charge in [-0.15, -0.1) is 0 Å². The van der Waals surface area contributed by atoms with Crippen molar-refractivity contribution in [1.82, 2.24) is 0 Å². The van der Waals surface area contributed by atoms with Gasteiger partial charge < -0.3 is 14.4 Å². The van der Waals surface area contributed by atoms with Crippen LogP contribution in [0.3, 0.4) is 0 Å². The molecule has 0 aliphatic carbocycles. The van der Waals surface area contributed by atoms with E-state index in [2.05, 4.69) is 151 Å². The van der Waals surface area contributed by atoms with Gasteiger partial charge in [-0.3, -0.25) is 0 Å². The third-order valence-corrected chi connectivity index (χ3v) is 9.99. The van der Waals surface area contributed by atoms with Crippen molar-refractivity contribution < 1.29 is 4.74 Å². The lowest BCUT2D eigenvalue weighted by Gasteiger charge is -2.51. The van der Waals surface area contributed by atoms with Crippen molar-refractivity contribution in [2.45, 2.75) is 19.3 Å². The van der Waals surface area contributed by atoms with Gasteiger partial charge in [0.05, 0.1) is 17.1 Å². The van der Waals surface area contributed by atoms with E-state index < -0.39 is 0 Å². The molecule has 4 heterocycles. The van der Waals surface area contributed by atoms with Gasteiger partial charge >= 0.3 is 6.85 Å². The van der Waals surface area contributed by atoms with Crippen LogP contribution < -0.4 is 25.4 Å². The Morgan fingerprint density at radius 3 is 2.16 bits per heavy atom. The van der Waals surface area contributed by atoms with E-state index in [0.717, 1.165) is 22.9 Å². The molecule has 0 radical (unpaired) electrons. The largest absolute Gasteiger partial charge is 0.453 e. The van der Waals surface area contributed by atoms with E-state index in [0.29, 0.717) is 0 Å². The Hall–Kier alpha value is -5.22. The van der Waals surface area contributed by atoms with Crippen molar-refractivity contribution in [3.05, 3.63) is 139 Å². The minimum absolute atomic E-state index is 0.000727. The first-order valence-electron chi connectivity index (χ1n) is 15.1. The highest BCUT2D eigenvalue weighted by atomic mass is 16.5. The summed E-state index contributed by atoms with van der Waals surface area (Å²) >= 11 is 0. The summed E-state index contributed by atoms with van der Waals surface area (Å²) in [7, 11) is 0. The van der Waals surface area contributed by atoms with Crippen molar-refractivity contribution in [2.24, 2.45) is 0 Å². The molecule has 4 aliphatic rings. The fourth-order valence-electron chi connectivity index (χ4n) is 8.12. The molecule has 0 atom stereocenters. The number of para-hydroxylation sites is 5. The Bertz CT molecular complexity index is 2170. The van der Waals surface area contributed by atoms with Gasteiger partial charge in [-0.25, -0.2) is 0 Å². The molecular weight excluding hydrogens is 523 g/mol. The number of benzene rings is 6. The molecule has 0 saturated carbocycles. The van der Waals surface area contributed by atoms with Crippen LogP contribution in [0.4, 0.5) is 28.4 Å². The summed E-state index contributed by atoms with van der Waals surface area (Å²) in [5.74, 6) is 1.81. The monoisotopic (exact) mass is 550 g/mol. The second-order valence-electron chi connectivity index (χ2n) is 12.5. The molecule has 202 valence electrons. The fraction of sp³-hybridized carbons (Fsp3) is 0.0769. The van der Waals surface area contributed by atoms with Crippen LogP contribution in [0.1, 0.15) is 25.0 Å². The topological polar surface area (TPSA) is 15.7 Å². The van der Waals surface area contributed by atoms with Crippen LogP contribution in [0.5, 0.6) is 11.5 Å². The molecule has 4 aliphatic heterocycles. The maximum atomic E-state index is 6.59. The van der Waals surface area contributed by atoms with Crippen LogP contribution in [0.15, 0.2) is 127 Å². The summed E-state index contributed by atoms with van der Waals surface area (Å²) < 4.78 is 6.59. The minimum Gasteiger partial charge on any atom is -0.453 e. The highest BCUT2D eigenvalue weighted by Gasteiger charge is 2.51. The molecular formula is C39H27BN2O. The second-order valence-corrected chi connectivity index (χ2v) is 12.5. The third kappa shape index (κ3) is 2.86. The van der Waals surface area contributed by atoms with E-state index in [-0.39, 0.29) is 12.3 Å². The molecule has 0 N–H and O–H groups in total. The average Bonchev–Trinajstić information content (AvgIpc) is 3.05. The molecule has 0 fully saturated rings. The van der Waals surface area contributed by atoms with Crippen molar-refractivity contribution in [3.8, 4) is 33.8 Å². The van der Waals surface area contributed by atoms with Crippen molar-refractivity contribution >= 4 is 46.2 Å². The predicted octanol–water partition coefficient (Wildman–Crippen LogP) is 8.81. The minimum atomic E-state index is -0.142. The van der Waals surface area contributed by atoms with Gasteiger partial charge in [-0.1, -0.05) is 105 Å². The molecule has 0 amide bonds. The van der Waals surface area contributed by atoms with E-state index in [4.69, 9.17) is 4.74 Å². The van der Waals surface area contributed by atoms with Gasteiger partial charge in [0.2, 0.25) is 0 Å². The molecule has 10 rings (SSSR count). The number of fused-ring (bicyclic) bond motifs is 8. The first-order valence-corrected chi connectivity index (χ1v) is 15.1. The summed E-state index contributed by atoms with van der Waals surface area (Å²) in [6, 6.07) is 46.6. The quantitative estimate of drug-likeness (QED) is 0.190. The zero-order valence-electron chi connectivity index (χ0n) is 24.0. The fourth-order valence-corrected chi connectivity index (χ4v) is 8.12. The SMILES string of the molecule is CC1(C)c2ccccc2N2c3cc(-c4ccccc4)cc4c3B(c3cccc1c32)N1c2ccccc2Oc2cccc-4c21. The maximum Gasteiger partial charge on any atom is 0.333 e. The van der Waals surface area contributed by atoms with Gasteiger partial charge in [0.25, 0.3) is 0 Å². The van der Waals surface area contributed by atoms with Gasteiger partial charge in [-0.05, 0) is 75.1 Å². The molecule has 0 aromatic heterocycles. The summed E-state index contributed by atoms with van der Waals surface area (Å²) in [4.78, 5) is 5.12. The Morgan fingerprint density at radius 1 is 0.558 bits per heavy atom. The normalized spacial score (nSPS) is 15.4. The van der Waals surface area contributed by atoms with Crippen molar-refractivity contribution in [2.75, 3.05) is 9.71 Å². The van der Waals surface area contributed by atoms with E-state index in [9.17, 15) is 0 Å². The van der Waals surface area contributed by atoms with E-state index in [1.165, 1.54) is 61.4 Å². The second kappa shape index (κ2) is 7.99. The molecule has 4 heteroatoms. The first kappa shape index (κ1) is 23.4. The van der Waals surface area contributed by atoms with E-state index in [1.54, 1.807) is 0 Å². The highest BCUT2D eigenvalue weighted by molar-refractivity contribution is 6.94. The molecule has 6 aromatic rings. The lowest BCUT2D eigenvalue weighted by molar-refractivity contribution is 0.478. The number of hydrogen-bond donors (Lipinski definition) is 0. The lowest BCUT2D eigenvalue weighted by atomic mass is 9.42. The Labute approximate surface area is 251 Å². The lowest BCUT2D eigenvalue weighted by Crippen LogP contribution is -2.63. The van der Waals surface area contributed by atoms with Crippen LogP contribution in [0.2, 0.25) is 0 Å². The van der Waals surface area contributed by atoms with Crippen LogP contribution in [-0.2, 0) is 5.41 Å². The van der Waals surface area contributed by atoms with E-state index in [1.807, 2.05) is 0 Å². The molecule has 0 saturated heterocycles. The Balaban J connectivity index is 1.39. The van der Waals surface area contributed by atoms with Gasteiger partial charge in [0.15, 0.2) is 5.75 Å². The van der Waals surface area contributed by atoms with Crippen molar-refractivity contribution in [3.63, 3.8) is 0 Å². The molecule has 3 nitrogen and oxygen atoms in total. The molecule has 43 heavy (non-hydrogen) atoms. The zero-order valence-corrected chi connectivity index (χ0v) is 24.0. The first-order chi connectivity index (χ1) is 21.1. The van der Waals surface area contributed by atoms with Crippen molar-refractivity contribution in [1.29, 1.82) is 0 Å². The number of nitrogens with zero attached hydrogens (tertiary/aromatic N) is 2. The Morgan fingerprint density at radius 2 is 1.28 bits per heavy atom. The average molecular weight is 550 g/mol. The van der Waals surface area contributed by atoms with Gasteiger partial charge in [-0.2, -0.15) is 0 Å². The van der Waals surface area contributed by atoms with Gasteiger partial charge in [0.1, 0.15) is 5.75 Å². The number of anilines is 5. The summed E-state index contributed by atoms with van der Waals surface area (Å²) in [6.07, 6.45) is 0. The third-order valence-electron chi connectivity index (χ3n) is 9.99. The molecule has 0 bridgehead atoms. The Kier molecular flexibility index (Phi) is 4.34. The maximum absolute atomic E-state index is 6.59. The van der Waals surface area contributed by atoms with E-state index >= 15 is 0 Å². The molecule has 0 unspecified atom stereocenters. The number of rotatable bonds is 1. The highest BCUT2D eigenvalue weighted by Crippen LogP contribution is 2.58. The molecule has 6 aromatic carbocycles. The number of ether oxygens (including phenoxy) is 1. The standard InChI is InChI=1S/C39H27BN2O/c1-39(2)28-15-6-7-18-31(28)41-33-23-25(24-12-4-3-5-13-24)22-27-26-14-10-21-35-37(26)42(32-19-8-9-20-34(32)43-35)40(36(27)33)30-17-11-16-29(39)38(30)41/h3-23H,1-2H3. The predicted molar refractivity (Wildman–Crippen MR) is 178 cm³/mol. The number of hydrogen-bond acceptors (Lipinski definition) is 3. The van der Waals surface area contributed by atoms with Crippen LogP contribution >= 0.6 is 0 Å². The molecule has 0 spiro atoms. The smallest absolute Gasteiger partial charge is 0.333 e.